The topological polar surface area (TPSA) is 83.9 Å². The zero-order valence-corrected chi connectivity index (χ0v) is 17.8. The van der Waals surface area contributed by atoms with Gasteiger partial charge in [0, 0.05) is 7.05 Å². The average molecular weight is 457 g/mol. The third kappa shape index (κ3) is 4.85. The quantitative estimate of drug-likeness (QED) is 0.704. The summed E-state index contributed by atoms with van der Waals surface area (Å²) in [7, 11) is -2.88. The molecule has 6 nitrogen and oxygen atoms in total. The van der Waals surface area contributed by atoms with Crippen LogP contribution in [-0.2, 0) is 27.4 Å². The molecule has 1 aliphatic rings. The molecule has 0 aliphatic heterocycles. The van der Waals surface area contributed by atoms with E-state index in [0.29, 0.717) is 42.2 Å². The lowest BCUT2D eigenvalue weighted by atomic mass is 9.87. The molecule has 0 heterocycles. The molecule has 0 aromatic heterocycles. The zero-order valence-electron chi connectivity index (χ0n) is 16.9. The van der Waals surface area contributed by atoms with Crippen LogP contribution in [0.5, 0.6) is 5.75 Å². The third-order valence-corrected chi connectivity index (χ3v) is 7.12. The number of alkyl halides is 3. The van der Waals surface area contributed by atoms with Gasteiger partial charge >= 0.3 is 12.1 Å². The second-order valence-corrected chi connectivity index (χ2v) is 9.47. The molecule has 0 spiro atoms. The lowest BCUT2D eigenvalue weighted by Crippen LogP contribution is -2.33. The monoisotopic (exact) mass is 457 g/mol. The molecule has 0 fully saturated rings. The lowest BCUT2D eigenvalue weighted by Gasteiger charge is -2.33. The molecule has 1 N–H and O–H groups in total. The molecule has 0 saturated heterocycles. The second kappa shape index (κ2) is 8.51. The van der Waals surface area contributed by atoms with Crippen LogP contribution in [0.4, 0.5) is 13.2 Å². The first-order valence-electron chi connectivity index (χ1n) is 9.54. The maximum atomic E-state index is 13.2. The van der Waals surface area contributed by atoms with Crippen molar-refractivity contribution in [2.75, 3.05) is 13.7 Å². The number of nitrogens with zero attached hydrogens (tertiary/aromatic N) is 1. The molecule has 10 heteroatoms. The summed E-state index contributed by atoms with van der Waals surface area (Å²) in [6.45, 7) is 0.884. The van der Waals surface area contributed by atoms with Crippen molar-refractivity contribution >= 4 is 16.0 Å². The number of aryl methyl sites for hydroxylation is 1. The van der Waals surface area contributed by atoms with Gasteiger partial charge < -0.3 is 9.84 Å². The van der Waals surface area contributed by atoms with E-state index in [1.54, 1.807) is 18.2 Å². The van der Waals surface area contributed by atoms with E-state index < -0.39 is 45.3 Å². The number of carbonyl (C=O) groups is 1. The number of hydrogen-bond donors (Lipinski definition) is 1. The fraction of sp³-hybridized carbons (Fsp3) is 0.381. The number of sulfonamides is 1. The van der Waals surface area contributed by atoms with Gasteiger partial charge in [0.15, 0.2) is 6.61 Å². The lowest BCUT2D eigenvalue weighted by molar-refractivity contribution is -0.139. The largest absolute Gasteiger partial charge is 0.482 e. The first-order chi connectivity index (χ1) is 14.4. The van der Waals surface area contributed by atoms with Crippen LogP contribution in [0, 0.1) is 6.92 Å². The van der Waals surface area contributed by atoms with E-state index in [0.717, 1.165) is 10.4 Å². The highest BCUT2D eigenvalue weighted by atomic mass is 32.2. The second-order valence-electron chi connectivity index (χ2n) is 7.47. The Kier molecular flexibility index (Phi) is 6.33. The summed E-state index contributed by atoms with van der Waals surface area (Å²) in [5, 5.41) is 8.86. The Morgan fingerprint density at radius 3 is 2.61 bits per heavy atom. The van der Waals surface area contributed by atoms with Crippen molar-refractivity contribution in [3.8, 4) is 5.75 Å². The summed E-state index contributed by atoms with van der Waals surface area (Å²) < 4.78 is 72.5. The highest BCUT2D eigenvalue weighted by Crippen LogP contribution is 2.40. The maximum Gasteiger partial charge on any atom is 0.416 e. The van der Waals surface area contributed by atoms with Gasteiger partial charge in [-0.05, 0) is 67.1 Å². The van der Waals surface area contributed by atoms with Crippen LogP contribution in [0.2, 0.25) is 0 Å². The summed E-state index contributed by atoms with van der Waals surface area (Å²) in [5.41, 5.74) is 0.536. The van der Waals surface area contributed by atoms with Crippen LogP contribution in [0.1, 0.15) is 41.1 Å². The number of benzene rings is 2. The number of hydrogen-bond acceptors (Lipinski definition) is 4. The van der Waals surface area contributed by atoms with Crippen molar-refractivity contribution in [2.24, 2.45) is 0 Å². The molecule has 1 atom stereocenters. The first-order valence-corrected chi connectivity index (χ1v) is 11.0. The molecule has 0 saturated carbocycles. The molecular formula is C21H22F3NO5S. The summed E-state index contributed by atoms with van der Waals surface area (Å²) in [5.74, 6) is -0.769. The molecule has 0 unspecified atom stereocenters. The summed E-state index contributed by atoms with van der Waals surface area (Å²) >= 11 is 0. The first kappa shape index (κ1) is 23.1. The van der Waals surface area contributed by atoms with E-state index in [-0.39, 0.29) is 5.56 Å². The minimum absolute atomic E-state index is 0.190. The molecule has 3 rings (SSSR count). The minimum Gasteiger partial charge on any atom is -0.482 e. The SMILES string of the molecule is Cc1cc(C(F)(F)F)cc(S(=O)(=O)N(C)[C@@H]2CCCc3c(OCC(=O)O)cccc32)c1. The Morgan fingerprint density at radius 2 is 1.97 bits per heavy atom. The number of halogens is 3. The van der Waals surface area contributed by atoms with Crippen molar-refractivity contribution in [3.05, 3.63) is 58.7 Å². The van der Waals surface area contributed by atoms with Gasteiger partial charge in [-0.1, -0.05) is 12.1 Å². The molecule has 2 aromatic rings. The van der Waals surface area contributed by atoms with E-state index in [1.165, 1.54) is 20.0 Å². The molecule has 168 valence electrons. The van der Waals surface area contributed by atoms with Gasteiger partial charge in [-0.3, -0.25) is 0 Å². The van der Waals surface area contributed by atoms with Crippen molar-refractivity contribution in [1.29, 1.82) is 0 Å². The van der Waals surface area contributed by atoms with E-state index >= 15 is 0 Å². The molecule has 31 heavy (non-hydrogen) atoms. The molecular weight excluding hydrogens is 435 g/mol. The Balaban J connectivity index is 1.99. The normalized spacial score (nSPS) is 16.8. The van der Waals surface area contributed by atoms with Crippen LogP contribution < -0.4 is 4.74 Å². The average Bonchev–Trinajstić information content (AvgIpc) is 2.70. The number of aliphatic carboxylic acids is 1. The predicted octanol–water partition coefficient (Wildman–Crippen LogP) is 4.18. The number of fused-ring (bicyclic) bond motifs is 1. The number of rotatable bonds is 6. The maximum absolute atomic E-state index is 13.2. The number of carboxylic acid groups (broad SMARTS) is 1. The van der Waals surface area contributed by atoms with Crippen LogP contribution >= 0.6 is 0 Å². The standard InChI is InChI=1S/C21H22F3NO5S/c1-13-9-14(21(22,23)24)11-15(10-13)31(28,29)25(2)18-7-3-6-17-16(18)5-4-8-19(17)30-12-20(26)27/h4-5,8-11,18H,3,6-7,12H2,1-2H3,(H,26,27)/t18-/m1/s1. The van der Waals surface area contributed by atoms with Crippen molar-refractivity contribution in [2.45, 2.75) is 43.3 Å². The molecule has 0 bridgehead atoms. The Labute approximate surface area is 178 Å². The highest BCUT2D eigenvalue weighted by Gasteiger charge is 2.36. The van der Waals surface area contributed by atoms with Gasteiger partial charge in [-0.25, -0.2) is 13.2 Å². The summed E-state index contributed by atoms with van der Waals surface area (Å²) in [6.07, 6.45) is -2.99. The van der Waals surface area contributed by atoms with Crippen molar-refractivity contribution < 1.29 is 36.2 Å². The van der Waals surface area contributed by atoms with Gasteiger partial charge in [0.1, 0.15) is 5.75 Å². The van der Waals surface area contributed by atoms with Crippen molar-refractivity contribution in [1.82, 2.24) is 4.31 Å². The smallest absolute Gasteiger partial charge is 0.416 e. The molecule has 1 aliphatic carbocycles. The van der Waals surface area contributed by atoms with Crippen LogP contribution in [0.3, 0.4) is 0 Å². The predicted molar refractivity (Wildman–Crippen MR) is 106 cm³/mol. The Bertz CT molecular complexity index is 1100. The van der Waals surface area contributed by atoms with E-state index in [9.17, 15) is 26.4 Å². The molecule has 0 amide bonds. The van der Waals surface area contributed by atoms with Gasteiger partial charge in [0.2, 0.25) is 10.0 Å². The molecule has 0 radical (unpaired) electrons. The fourth-order valence-electron chi connectivity index (χ4n) is 3.84. The molecule has 2 aromatic carbocycles. The Morgan fingerprint density at radius 1 is 1.26 bits per heavy atom. The highest BCUT2D eigenvalue weighted by molar-refractivity contribution is 7.89. The van der Waals surface area contributed by atoms with E-state index in [1.807, 2.05) is 0 Å². The van der Waals surface area contributed by atoms with Gasteiger partial charge in [0.05, 0.1) is 16.5 Å². The fourth-order valence-corrected chi connectivity index (χ4v) is 5.33. The van der Waals surface area contributed by atoms with E-state index in [4.69, 9.17) is 9.84 Å². The van der Waals surface area contributed by atoms with Crippen LogP contribution in [0.25, 0.3) is 0 Å². The third-order valence-electron chi connectivity index (χ3n) is 5.28. The minimum atomic E-state index is -4.66. The van der Waals surface area contributed by atoms with Crippen LogP contribution in [0.15, 0.2) is 41.3 Å². The van der Waals surface area contributed by atoms with Crippen molar-refractivity contribution in [3.63, 3.8) is 0 Å². The number of ether oxygens (including phenoxy) is 1. The Hall–Kier alpha value is -2.59. The zero-order chi connectivity index (χ0) is 23.0. The number of carboxylic acids is 1. The van der Waals surface area contributed by atoms with E-state index in [2.05, 4.69) is 0 Å². The van der Waals surface area contributed by atoms with Crippen LogP contribution in [-0.4, -0.2) is 37.5 Å². The summed E-state index contributed by atoms with van der Waals surface area (Å²) in [6, 6.07) is 7.15. The van der Waals surface area contributed by atoms with Gasteiger partial charge in [-0.2, -0.15) is 17.5 Å². The summed E-state index contributed by atoms with van der Waals surface area (Å²) in [4.78, 5) is 10.4. The van der Waals surface area contributed by atoms with Gasteiger partial charge in [0.25, 0.3) is 0 Å². The van der Waals surface area contributed by atoms with Gasteiger partial charge in [-0.15, -0.1) is 0 Å².